The van der Waals surface area contributed by atoms with Gasteiger partial charge in [0.15, 0.2) is 0 Å². The van der Waals surface area contributed by atoms with Crippen molar-refractivity contribution >= 4 is 12.9 Å². The van der Waals surface area contributed by atoms with Crippen LogP contribution in [0.25, 0.3) is 0 Å². The van der Waals surface area contributed by atoms with Crippen LogP contribution in [-0.4, -0.2) is 26.0 Å². The summed E-state index contributed by atoms with van der Waals surface area (Å²) in [6, 6.07) is 0. The molecule has 0 aromatic heterocycles. The number of ether oxygens (including phenoxy) is 1. The Morgan fingerprint density at radius 1 is 0.938 bits per heavy atom. The van der Waals surface area contributed by atoms with Gasteiger partial charge in [-0.25, -0.2) is 0 Å². The van der Waals surface area contributed by atoms with Crippen molar-refractivity contribution in [3.05, 3.63) is 0 Å². The lowest BCUT2D eigenvalue weighted by atomic mass is 10.1. The van der Waals surface area contributed by atoms with E-state index in [1.807, 2.05) is 0 Å². The van der Waals surface area contributed by atoms with Crippen LogP contribution in [0.3, 0.4) is 0 Å². The predicted molar refractivity (Wildman–Crippen MR) is 62.6 cm³/mol. The molecule has 93 valence electrons. The molecule has 0 bridgehead atoms. The lowest BCUT2D eigenvalue weighted by Gasteiger charge is -2.01. The van der Waals surface area contributed by atoms with Crippen LogP contribution < -0.4 is 5.32 Å². The summed E-state index contributed by atoms with van der Waals surface area (Å²) in [5.74, 6) is 0. The molecular formula is C12H22NO3. The maximum atomic E-state index is 9.84. The zero-order valence-electron chi connectivity index (χ0n) is 9.87. The van der Waals surface area contributed by atoms with Crippen LogP contribution in [-0.2, 0) is 14.3 Å². The molecule has 1 N–H and O–H groups in total. The molecule has 4 nitrogen and oxygen atoms in total. The fourth-order valence-electron chi connectivity index (χ4n) is 1.56. The largest absolute Gasteiger partial charge is 0.468 e. The minimum Gasteiger partial charge on any atom is -0.468 e. The average Bonchev–Trinajstić information content (AvgIpc) is 2.31. The van der Waals surface area contributed by atoms with Gasteiger partial charge in [-0.1, -0.05) is 38.5 Å². The molecule has 0 unspecified atom stereocenters. The van der Waals surface area contributed by atoms with Crippen LogP contribution in [0.5, 0.6) is 0 Å². The van der Waals surface area contributed by atoms with Crippen LogP contribution in [0.15, 0.2) is 0 Å². The minimum atomic E-state index is 0.505. The minimum absolute atomic E-state index is 0.505. The average molecular weight is 228 g/mol. The van der Waals surface area contributed by atoms with Crippen molar-refractivity contribution in [2.75, 3.05) is 13.2 Å². The highest BCUT2D eigenvalue weighted by molar-refractivity contribution is 5.46. The molecule has 0 aliphatic rings. The first kappa shape index (κ1) is 14.9. The molecular weight excluding hydrogens is 206 g/mol. The second-order valence-electron chi connectivity index (χ2n) is 3.82. The van der Waals surface area contributed by atoms with Gasteiger partial charge in [-0.3, -0.25) is 9.59 Å². The Bertz CT molecular complexity index is 144. The van der Waals surface area contributed by atoms with Gasteiger partial charge in [0.25, 0.3) is 6.47 Å². The molecule has 0 rings (SSSR count). The van der Waals surface area contributed by atoms with Gasteiger partial charge >= 0.3 is 6.41 Å². The van der Waals surface area contributed by atoms with Gasteiger partial charge < -0.3 is 10.1 Å². The highest BCUT2D eigenvalue weighted by Crippen LogP contribution is 2.08. The van der Waals surface area contributed by atoms with Gasteiger partial charge in [-0.15, -0.1) is 0 Å². The zero-order chi connectivity index (χ0) is 11.9. The monoisotopic (exact) mass is 228 g/mol. The van der Waals surface area contributed by atoms with E-state index in [2.05, 4.69) is 10.1 Å². The van der Waals surface area contributed by atoms with E-state index in [-0.39, 0.29) is 0 Å². The summed E-state index contributed by atoms with van der Waals surface area (Å²) in [5.41, 5.74) is 0. The van der Waals surface area contributed by atoms with Gasteiger partial charge in [0.05, 0.1) is 6.61 Å². The van der Waals surface area contributed by atoms with E-state index in [0.717, 1.165) is 25.8 Å². The second-order valence-corrected chi connectivity index (χ2v) is 3.82. The highest BCUT2D eigenvalue weighted by Gasteiger charge is 1.92. The summed E-state index contributed by atoms with van der Waals surface area (Å²) in [7, 11) is 0. The molecule has 0 aliphatic carbocycles. The first-order valence-corrected chi connectivity index (χ1v) is 6.07. The number of carbonyl (C=O) groups is 1. The standard InChI is InChI=1S/C12H22NO3/c14-11-13-9-7-5-3-1-2-4-6-8-10-16-12-15/h12H,1-10H2,(H,13,14). The molecule has 0 aliphatic heterocycles. The van der Waals surface area contributed by atoms with Crippen molar-refractivity contribution in [2.24, 2.45) is 0 Å². The Balaban J connectivity index is 2.87. The Labute approximate surface area is 97.7 Å². The number of rotatable bonds is 13. The number of hydrogen-bond donors (Lipinski definition) is 1. The van der Waals surface area contributed by atoms with E-state index in [0.29, 0.717) is 13.1 Å². The molecule has 0 aromatic carbocycles. The van der Waals surface area contributed by atoms with Crippen molar-refractivity contribution in [3.63, 3.8) is 0 Å². The smallest absolute Gasteiger partial charge is 0.309 e. The maximum Gasteiger partial charge on any atom is 0.309 e. The summed E-state index contributed by atoms with van der Waals surface area (Å²) in [5, 5.41) is 2.53. The van der Waals surface area contributed by atoms with Crippen molar-refractivity contribution in [1.29, 1.82) is 0 Å². The molecule has 1 radical (unpaired) electrons. The van der Waals surface area contributed by atoms with Gasteiger partial charge in [-0.05, 0) is 12.8 Å². The van der Waals surface area contributed by atoms with Crippen molar-refractivity contribution in [3.8, 4) is 0 Å². The third-order valence-electron chi connectivity index (χ3n) is 2.45. The summed E-state index contributed by atoms with van der Waals surface area (Å²) >= 11 is 0. The molecule has 0 heterocycles. The summed E-state index contributed by atoms with van der Waals surface area (Å²) in [4.78, 5) is 19.7. The van der Waals surface area contributed by atoms with E-state index in [4.69, 9.17) is 0 Å². The van der Waals surface area contributed by atoms with Gasteiger partial charge in [0.2, 0.25) is 0 Å². The van der Waals surface area contributed by atoms with Gasteiger partial charge in [0.1, 0.15) is 0 Å². The lowest BCUT2D eigenvalue weighted by Crippen LogP contribution is -2.11. The lowest BCUT2D eigenvalue weighted by molar-refractivity contribution is -0.128. The number of hydrogen-bond acceptors (Lipinski definition) is 3. The number of carbonyl (C=O) groups excluding carboxylic acids is 2. The molecule has 0 atom stereocenters. The van der Waals surface area contributed by atoms with Crippen LogP contribution in [0, 0.1) is 0 Å². The van der Waals surface area contributed by atoms with E-state index in [1.165, 1.54) is 32.1 Å². The fraction of sp³-hybridized carbons (Fsp3) is 0.833. The summed E-state index contributed by atoms with van der Waals surface area (Å²) in [6.07, 6.45) is 10.9. The van der Waals surface area contributed by atoms with Crippen molar-refractivity contribution in [1.82, 2.24) is 5.32 Å². The van der Waals surface area contributed by atoms with E-state index in [9.17, 15) is 9.59 Å². The fourth-order valence-corrected chi connectivity index (χ4v) is 1.56. The van der Waals surface area contributed by atoms with Crippen LogP contribution in [0.4, 0.5) is 0 Å². The number of unbranched alkanes of at least 4 members (excludes halogenated alkanes) is 7. The second kappa shape index (κ2) is 13.9. The molecule has 0 fully saturated rings. The van der Waals surface area contributed by atoms with E-state index >= 15 is 0 Å². The zero-order valence-corrected chi connectivity index (χ0v) is 9.87. The Morgan fingerprint density at radius 3 is 2.06 bits per heavy atom. The SMILES string of the molecule is O=[C]NCCCCCCCCCCOC=O. The van der Waals surface area contributed by atoms with Crippen molar-refractivity contribution < 1.29 is 14.3 Å². The summed E-state index contributed by atoms with van der Waals surface area (Å²) < 4.78 is 4.60. The van der Waals surface area contributed by atoms with E-state index < -0.39 is 0 Å². The predicted octanol–water partition coefficient (Wildman–Crippen LogP) is 1.94. The van der Waals surface area contributed by atoms with Crippen molar-refractivity contribution in [2.45, 2.75) is 51.4 Å². The molecule has 0 aromatic rings. The van der Waals surface area contributed by atoms with Crippen LogP contribution in [0.2, 0.25) is 0 Å². The first-order chi connectivity index (χ1) is 7.91. The molecule has 0 saturated carbocycles. The maximum absolute atomic E-state index is 9.84. The molecule has 1 amide bonds. The quantitative estimate of drug-likeness (QED) is 0.298. The van der Waals surface area contributed by atoms with Crippen LogP contribution in [0.1, 0.15) is 51.4 Å². The first-order valence-electron chi connectivity index (χ1n) is 6.07. The van der Waals surface area contributed by atoms with Gasteiger partial charge in [-0.2, -0.15) is 0 Å². The number of nitrogens with one attached hydrogen (secondary N) is 1. The highest BCUT2D eigenvalue weighted by atomic mass is 16.5. The Kier molecular flexibility index (Phi) is 13.0. The third kappa shape index (κ3) is 12.9. The molecule has 16 heavy (non-hydrogen) atoms. The third-order valence-corrected chi connectivity index (χ3v) is 2.45. The Morgan fingerprint density at radius 2 is 1.50 bits per heavy atom. The van der Waals surface area contributed by atoms with Gasteiger partial charge in [0, 0.05) is 6.54 Å². The molecule has 4 heteroatoms. The summed E-state index contributed by atoms with van der Waals surface area (Å²) in [6.45, 7) is 1.80. The molecule has 0 spiro atoms. The molecule has 0 saturated heterocycles. The normalized spacial score (nSPS) is 9.75. The van der Waals surface area contributed by atoms with Crippen LogP contribution >= 0.6 is 0 Å². The topological polar surface area (TPSA) is 55.4 Å². The number of amides is 1. The van der Waals surface area contributed by atoms with E-state index in [1.54, 1.807) is 6.41 Å². The Hall–Kier alpha value is -1.06.